The first-order valence-electron chi connectivity index (χ1n) is 6.47. The van der Waals surface area contributed by atoms with E-state index in [0.29, 0.717) is 10.8 Å². The van der Waals surface area contributed by atoms with Gasteiger partial charge in [0, 0.05) is 0 Å². The molecule has 0 fully saturated rings. The van der Waals surface area contributed by atoms with Gasteiger partial charge < -0.3 is 0 Å². The fraction of sp³-hybridized carbons (Fsp3) is 0.867. The molecule has 0 amide bonds. The van der Waals surface area contributed by atoms with Gasteiger partial charge in [-0.2, -0.15) is 0 Å². The molecule has 1 aliphatic rings. The fourth-order valence-electron chi connectivity index (χ4n) is 2.80. The predicted molar refractivity (Wildman–Crippen MR) is 69.0 cm³/mol. The zero-order valence-corrected chi connectivity index (χ0v) is 11.5. The molecule has 15 heavy (non-hydrogen) atoms. The highest BCUT2D eigenvalue weighted by molar-refractivity contribution is 5.19. The molecule has 0 aromatic carbocycles. The van der Waals surface area contributed by atoms with Crippen LogP contribution in [0.2, 0.25) is 0 Å². The summed E-state index contributed by atoms with van der Waals surface area (Å²) in [6, 6.07) is 0. The first-order chi connectivity index (χ1) is 6.79. The summed E-state index contributed by atoms with van der Waals surface area (Å²) in [7, 11) is 0. The minimum absolute atomic E-state index is 0.426. The Bertz CT molecular complexity index is 245. The molecule has 1 atom stereocenters. The summed E-state index contributed by atoms with van der Waals surface area (Å²) < 4.78 is 0. The highest BCUT2D eigenvalue weighted by Gasteiger charge is 2.43. The van der Waals surface area contributed by atoms with E-state index >= 15 is 0 Å². The second kappa shape index (κ2) is 4.31. The topological polar surface area (TPSA) is 0 Å². The van der Waals surface area contributed by atoms with Crippen molar-refractivity contribution in [1.82, 2.24) is 0 Å². The van der Waals surface area contributed by atoms with Crippen LogP contribution in [0.4, 0.5) is 0 Å². The van der Waals surface area contributed by atoms with E-state index in [2.05, 4.69) is 47.6 Å². The Balaban J connectivity index is 2.85. The third-order valence-electron chi connectivity index (χ3n) is 4.81. The summed E-state index contributed by atoms with van der Waals surface area (Å²) in [5.41, 5.74) is 2.52. The fourth-order valence-corrected chi connectivity index (χ4v) is 2.80. The molecule has 0 radical (unpaired) electrons. The van der Waals surface area contributed by atoms with Crippen LogP contribution in [-0.2, 0) is 0 Å². The Morgan fingerprint density at radius 3 is 2.33 bits per heavy atom. The summed E-state index contributed by atoms with van der Waals surface area (Å²) in [5, 5.41) is 0. The molecule has 0 aromatic rings. The third-order valence-corrected chi connectivity index (χ3v) is 4.81. The van der Waals surface area contributed by atoms with Crippen molar-refractivity contribution >= 4 is 0 Å². The average Bonchev–Trinajstić information content (AvgIpc) is 2.11. The van der Waals surface area contributed by atoms with Gasteiger partial charge in [0.2, 0.25) is 0 Å². The Kier molecular flexibility index (Phi) is 3.68. The molecule has 0 saturated heterocycles. The molecule has 88 valence electrons. The summed E-state index contributed by atoms with van der Waals surface area (Å²) >= 11 is 0. The highest BCUT2D eigenvalue weighted by Crippen LogP contribution is 2.53. The van der Waals surface area contributed by atoms with E-state index in [1.807, 2.05) is 0 Å². The molecular formula is C15H28. The quantitative estimate of drug-likeness (QED) is 0.559. The van der Waals surface area contributed by atoms with Crippen molar-refractivity contribution in [1.29, 1.82) is 0 Å². The molecule has 0 heterocycles. The van der Waals surface area contributed by atoms with E-state index in [1.54, 1.807) is 5.57 Å². The number of allylic oxidation sites excluding steroid dienone is 2. The van der Waals surface area contributed by atoms with Crippen LogP contribution in [0.15, 0.2) is 11.6 Å². The van der Waals surface area contributed by atoms with Crippen molar-refractivity contribution in [3.05, 3.63) is 11.6 Å². The van der Waals surface area contributed by atoms with Crippen LogP contribution in [0.25, 0.3) is 0 Å². The van der Waals surface area contributed by atoms with Gasteiger partial charge in [-0.25, -0.2) is 0 Å². The van der Waals surface area contributed by atoms with Crippen molar-refractivity contribution < 1.29 is 0 Å². The Morgan fingerprint density at radius 2 is 1.87 bits per heavy atom. The maximum absolute atomic E-state index is 2.47. The highest BCUT2D eigenvalue weighted by atomic mass is 14.5. The first kappa shape index (κ1) is 12.8. The Hall–Kier alpha value is -0.260. The maximum Gasteiger partial charge on any atom is -0.00678 e. The third kappa shape index (κ3) is 2.46. The maximum atomic E-state index is 2.47. The second-order valence-corrected chi connectivity index (χ2v) is 6.57. The van der Waals surface area contributed by atoms with Crippen LogP contribution in [0, 0.1) is 16.7 Å². The summed E-state index contributed by atoms with van der Waals surface area (Å²) in [4.78, 5) is 0. The monoisotopic (exact) mass is 208 g/mol. The average molecular weight is 208 g/mol. The second-order valence-electron chi connectivity index (χ2n) is 6.57. The lowest BCUT2D eigenvalue weighted by molar-refractivity contribution is 0.0903. The van der Waals surface area contributed by atoms with Gasteiger partial charge in [0.1, 0.15) is 0 Å². The molecule has 0 saturated carbocycles. The van der Waals surface area contributed by atoms with Crippen molar-refractivity contribution in [2.24, 2.45) is 16.7 Å². The molecule has 0 bridgehead atoms. The van der Waals surface area contributed by atoms with Crippen molar-refractivity contribution in [3.63, 3.8) is 0 Å². The standard InChI is InChI=1S/C15H28/c1-12(2)9-11-15(6)13(3)8-7-10-14(15,4)5/h8,12H,7,9-11H2,1-6H3/t15-/m1/s1. The van der Waals surface area contributed by atoms with Gasteiger partial charge in [-0.1, -0.05) is 52.7 Å². The van der Waals surface area contributed by atoms with E-state index < -0.39 is 0 Å². The van der Waals surface area contributed by atoms with E-state index in [-0.39, 0.29) is 0 Å². The molecule has 0 aromatic heterocycles. The lowest BCUT2D eigenvalue weighted by Gasteiger charge is -2.49. The molecule has 1 rings (SSSR count). The molecule has 0 aliphatic heterocycles. The van der Waals surface area contributed by atoms with Gasteiger partial charge in [-0.15, -0.1) is 0 Å². The first-order valence-corrected chi connectivity index (χ1v) is 6.47. The van der Waals surface area contributed by atoms with Gasteiger partial charge in [0.05, 0.1) is 0 Å². The van der Waals surface area contributed by atoms with Gasteiger partial charge >= 0.3 is 0 Å². The SMILES string of the molecule is CC1=CCCC(C)(C)[C@]1(C)CCC(C)C. The molecule has 0 N–H and O–H groups in total. The molecular weight excluding hydrogens is 180 g/mol. The largest absolute Gasteiger partial charge is 0.0850 e. The lowest BCUT2D eigenvalue weighted by atomic mass is 9.56. The number of rotatable bonds is 3. The summed E-state index contributed by atoms with van der Waals surface area (Å²) in [6.45, 7) is 14.4. The Morgan fingerprint density at radius 1 is 1.27 bits per heavy atom. The Labute approximate surface area is 96.2 Å². The van der Waals surface area contributed by atoms with Crippen LogP contribution in [-0.4, -0.2) is 0 Å². The van der Waals surface area contributed by atoms with Gasteiger partial charge in [0.15, 0.2) is 0 Å². The van der Waals surface area contributed by atoms with E-state index in [1.165, 1.54) is 25.7 Å². The normalized spacial score (nSPS) is 30.5. The number of hydrogen-bond acceptors (Lipinski definition) is 0. The minimum atomic E-state index is 0.426. The molecule has 1 aliphatic carbocycles. The van der Waals surface area contributed by atoms with E-state index in [4.69, 9.17) is 0 Å². The minimum Gasteiger partial charge on any atom is -0.0850 e. The number of hydrogen-bond donors (Lipinski definition) is 0. The predicted octanol–water partition coefficient (Wildman–Crippen LogP) is 5.20. The van der Waals surface area contributed by atoms with Crippen molar-refractivity contribution in [2.45, 2.75) is 67.2 Å². The van der Waals surface area contributed by atoms with Crippen LogP contribution < -0.4 is 0 Å². The zero-order valence-electron chi connectivity index (χ0n) is 11.5. The van der Waals surface area contributed by atoms with Gasteiger partial charge in [-0.3, -0.25) is 0 Å². The van der Waals surface area contributed by atoms with Gasteiger partial charge in [-0.05, 0) is 42.9 Å². The molecule has 0 nitrogen and oxygen atoms in total. The van der Waals surface area contributed by atoms with E-state index in [0.717, 1.165) is 5.92 Å². The molecule has 0 spiro atoms. The van der Waals surface area contributed by atoms with Crippen LogP contribution in [0.3, 0.4) is 0 Å². The molecule has 0 heteroatoms. The van der Waals surface area contributed by atoms with Crippen LogP contribution in [0.1, 0.15) is 67.2 Å². The van der Waals surface area contributed by atoms with Gasteiger partial charge in [0.25, 0.3) is 0 Å². The van der Waals surface area contributed by atoms with Crippen molar-refractivity contribution in [3.8, 4) is 0 Å². The van der Waals surface area contributed by atoms with E-state index in [9.17, 15) is 0 Å². The lowest BCUT2D eigenvalue weighted by Crippen LogP contribution is -2.38. The zero-order chi connectivity index (χ0) is 11.7. The molecule has 0 unspecified atom stereocenters. The van der Waals surface area contributed by atoms with Crippen LogP contribution in [0.5, 0.6) is 0 Å². The van der Waals surface area contributed by atoms with Crippen molar-refractivity contribution in [2.75, 3.05) is 0 Å². The van der Waals surface area contributed by atoms with Crippen LogP contribution >= 0.6 is 0 Å². The smallest absolute Gasteiger partial charge is 0.00678 e. The summed E-state index contributed by atoms with van der Waals surface area (Å²) in [5.74, 6) is 0.826. The summed E-state index contributed by atoms with van der Waals surface area (Å²) in [6.07, 6.45) is 7.78.